The van der Waals surface area contributed by atoms with Gasteiger partial charge in [-0.05, 0) is 24.6 Å². The first-order valence-electron chi connectivity index (χ1n) is 11.4. The number of amides is 1. The molecule has 34 heavy (non-hydrogen) atoms. The average molecular weight is 467 g/mol. The van der Waals surface area contributed by atoms with Crippen molar-refractivity contribution in [2.24, 2.45) is 0 Å². The maximum Gasteiger partial charge on any atom is 0.295 e. The second-order valence-corrected chi connectivity index (χ2v) is 8.24. The summed E-state index contributed by atoms with van der Waals surface area (Å²) in [5, 5.41) is 11.3. The summed E-state index contributed by atoms with van der Waals surface area (Å²) in [4.78, 5) is 30.3. The van der Waals surface area contributed by atoms with Gasteiger partial charge in [0.15, 0.2) is 0 Å². The molecule has 2 aromatic rings. The SMILES string of the molecule is COc1ccccc1/C(O)=C1\C(=O)C(=O)N(CCCN2CCOCC2)C1c1ccccc1OC. The molecule has 0 aliphatic carbocycles. The number of benzene rings is 2. The minimum absolute atomic E-state index is 0.0328. The lowest BCUT2D eigenvalue weighted by Crippen LogP contribution is -2.39. The molecule has 0 aromatic heterocycles. The molecule has 2 aliphatic heterocycles. The van der Waals surface area contributed by atoms with Crippen LogP contribution in [0.15, 0.2) is 54.1 Å². The van der Waals surface area contributed by atoms with Crippen LogP contribution in [0.5, 0.6) is 11.5 Å². The van der Waals surface area contributed by atoms with Crippen LogP contribution in [-0.4, -0.2) is 80.2 Å². The van der Waals surface area contributed by atoms with E-state index in [0.29, 0.717) is 48.8 Å². The van der Waals surface area contributed by atoms with Gasteiger partial charge in [0, 0.05) is 31.7 Å². The second kappa shape index (κ2) is 10.7. The van der Waals surface area contributed by atoms with Gasteiger partial charge in [-0.15, -0.1) is 0 Å². The summed E-state index contributed by atoms with van der Waals surface area (Å²) in [6.45, 7) is 4.26. The van der Waals surface area contributed by atoms with Gasteiger partial charge in [-0.25, -0.2) is 0 Å². The molecule has 1 atom stereocenters. The number of hydrogen-bond acceptors (Lipinski definition) is 7. The summed E-state index contributed by atoms with van der Waals surface area (Å²) in [6, 6.07) is 13.4. The molecular formula is C26H30N2O6. The van der Waals surface area contributed by atoms with E-state index >= 15 is 0 Å². The Bertz CT molecular complexity index is 1080. The number of morpholine rings is 1. The Morgan fingerprint density at radius 2 is 1.62 bits per heavy atom. The first-order chi connectivity index (χ1) is 16.6. The summed E-state index contributed by atoms with van der Waals surface area (Å²) in [7, 11) is 3.04. The molecule has 2 aromatic carbocycles. The van der Waals surface area contributed by atoms with Gasteiger partial charge < -0.3 is 24.2 Å². The van der Waals surface area contributed by atoms with Crippen molar-refractivity contribution in [1.29, 1.82) is 0 Å². The highest BCUT2D eigenvalue weighted by Gasteiger charge is 2.47. The van der Waals surface area contributed by atoms with Gasteiger partial charge in [0.05, 0.1) is 44.6 Å². The fourth-order valence-corrected chi connectivity index (χ4v) is 4.60. The summed E-state index contributed by atoms with van der Waals surface area (Å²) in [5.74, 6) is -0.654. The van der Waals surface area contributed by atoms with Crippen molar-refractivity contribution in [3.63, 3.8) is 0 Å². The van der Waals surface area contributed by atoms with Gasteiger partial charge >= 0.3 is 0 Å². The van der Waals surface area contributed by atoms with Gasteiger partial charge in [-0.3, -0.25) is 14.5 Å². The summed E-state index contributed by atoms with van der Waals surface area (Å²) >= 11 is 0. The number of hydrogen-bond donors (Lipinski definition) is 1. The maximum absolute atomic E-state index is 13.3. The quantitative estimate of drug-likeness (QED) is 0.364. The van der Waals surface area contributed by atoms with Crippen molar-refractivity contribution < 1.29 is 28.9 Å². The molecular weight excluding hydrogens is 436 g/mol. The number of carbonyl (C=O) groups is 2. The first-order valence-corrected chi connectivity index (χ1v) is 11.4. The molecule has 0 radical (unpaired) electrons. The number of nitrogens with zero attached hydrogens (tertiary/aromatic N) is 2. The lowest BCUT2D eigenvalue weighted by molar-refractivity contribution is -0.140. The molecule has 0 bridgehead atoms. The van der Waals surface area contributed by atoms with Crippen molar-refractivity contribution in [2.75, 3.05) is 53.6 Å². The fourth-order valence-electron chi connectivity index (χ4n) is 4.60. The Morgan fingerprint density at radius 1 is 0.971 bits per heavy atom. The first kappa shape index (κ1) is 23.8. The second-order valence-electron chi connectivity index (χ2n) is 8.24. The summed E-state index contributed by atoms with van der Waals surface area (Å²) in [6.07, 6.45) is 0.688. The molecule has 180 valence electrons. The number of carbonyl (C=O) groups excluding carboxylic acids is 2. The number of Topliss-reactive ketones (excluding diaryl/α,β-unsaturated/α-hetero) is 1. The van der Waals surface area contributed by atoms with E-state index in [4.69, 9.17) is 14.2 Å². The Balaban J connectivity index is 1.74. The largest absolute Gasteiger partial charge is 0.507 e. The Hall–Kier alpha value is -3.36. The van der Waals surface area contributed by atoms with E-state index in [-0.39, 0.29) is 11.3 Å². The van der Waals surface area contributed by atoms with Crippen LogP contribution in [0.3, 0.4) is 0 Å². The summed E-state index contributed by atoms with van der Waals surface area (Å²) < 4.78 is 16.3. The maximum atomic E-state index is 13.3. The standard InChI is InChI=1S/C26H30N2O6/c1-32-20-10-5-3-8-18(20)23-22(24(29)19-9-4-6-11-21(19)33-2)25(30)26(31)28(23)13-7-12-27-14-16-34-17-15-27/h3-6,8-11,23,29H,7,12-17H2,1-2H3/b24-22+. The number of aliphatic hydroxyl groups is 1. The molecule has 1 N–H and O–H groups in total. The molecule has 1 unspecified atom stereocenters. The number of methoxy groups -OCH3 is 2. The minimum atomic E-state index is -0.772. The molecule has 8 heteroatoms. The van der Waals surface area contributed by atoms with Crippen LogP contribution in [0.1, 0.15) is 23.6 Å². The zero-order chi connectivity index (χ0) is 24.1. The number of ketones is 1. The third kappa shape index (κ3) is 4.64. The number of likely N-dealkylation sites (tertiary alicyclic amines) is 1. The van der Waals surface area contributed by atoms with Crippen molar-refractivity contribution in [1.82, 2.24) is 9.80 Å². The molecule has 2 aliphatic rings. The van der Waals surface area contributed by atoms with E-state index in [1.165, 1.54) is 7.11 Å². The lowest BCUT2D eigenvalue weighted by atomic mass is 9.94. The van der Waals surface area contributed by atoms with E-state index in [2.05, 4.69) is 4.90 Å². The number of aliphatic hydroxyl groups excluding tert-OH is 1. The Morgan fingerprint density at radius 3 is 2.32 bits per heavy atom. The van der Waals surface area contributed by atoms with E-state index in [1.807, 2.05) is 18.2 Å². The van der Waals surface area contributed by atoms with E-state index < -0.39 is 17.7 Å². The van der Waals surface area contributed by atoms with Crippen molar-refractivity contribution in [2.45, 2.75) is 12.5 Å². The average Bonchev–Trinajstić information content (AvgIpc) is 3.13. The number of para-hydroxylation sites is 2. The highest BCUT2D eigenvalue weighted by Crippen LogP contribution is 2.43. The summed E-state index contributed by atoms with van der Waals surface area (Å²) in [5.41, 5.74) is 1.04. The van der Waals surface area contributed by atoms with Crippen LogP contribution >= 0.6 is 0 Å². The Labute approximate surface area is 199 Å². The normalized spacial score (nSPS) is 20.5. The molecule has 0 spiro atoms. The molecule has 4 rings (SSSR count). The number of ether oxygens (including phenoxy) is 3. The predicted molar refractivity (Wildman–Crippen MR) is 127 cm³/mol. The molecule has 0 saturated carbocycles. The van der Waals surface area contributed by atoms with Crippen LogP contribution in [0.2, 0.25) is 0 Å². The highest BCUT2D eigenvalue weighted by molar-refractivity contribution is 6.46. The molecule has 1 amide bonds. The monoisotopic (exact) mass is 466 g/mol. The van der Waals surface area contributed by atoms with Gasteiger partial charge in [0.25, 0.3) is 11.7 Å². The molecule has 2 saturated heterocycles. The van der Waals surface area contributed by atoms with Crippen LogP contribution in [0.25, 0.3) is 5.76 Å². The Kier molecular flexibility index (Phi) is 7.49. The van der Waals surface area contributed by atoms with Crippen LogP contribution in [0.4, 0.5) is 0 Å². The third-order valence-electron chi connectivity index (χ3n) is 6.31. The zero-order valence-electron chi connectivity index (χ0n) is 19.5. The molecule has 8 nitrogen and oxygen atoms in total. The predicted octanol–water partition coefficient (Wildman–Crippen LogP) is 2.85. The lowest BCUT2D eigenvalue weighted by Gasteiger charge is -2.29. The van der Waals surface area contributed by atoms with Gasteiger partial charge in [-0.1, -0.05) is 30.3 Å². The minimum Gasteiger partial charge on any atom is -0.507 e. The van der Waals surface area contributed by atoms with Gasteiger partial charge in [0.2, 0.25) is 0 Å². The molecule has 2 heterocycles. The van der Waals surface area contributed by atoms with Crippen LogP contribution < -0.4 is 9.47 Å². The van der Waals surface area contributed by atoms with Crippen molar-refractivity contribution in [3.05, 3.63) is 65.2 Å². The molecule has 2 fully saturated rings. The van der Waals surface area contributed by atoms with Gasteiger partial charge in [-0.2, -0.15) is 0 Å². The smallest absolute Gasteiger partial charge is 0.295 e. The van der Waals surface area contributed by atoms with E-state index in [9.17, 15) is 14.7 Å². The number of rotatable bonds is 8. The van der Waals surface area contributed by atoms with E-state index in [0.717, 1.165) is 19.6 Å². The van der Waals surface area contributed by atoms with E-state index in [1.54, 1.807) is 42.3 Å². The van der Waals surface area contributed by atoms with Crippen molar-refractivity contribution >= 4 is 17.4 Å². The van der Waals surface area contributed by atoms with Crippen LogP contribution in [-0.2, 0) is 14.3 Å². The topological polar surface area (TPSA) is 88.5 Å². The van der Waals surface area contributed by atoms with Crippen LogP contribution in [0, 0.1) is 0 Å². The third-order valence-corrected chi connectivity index (χ3v) is 6.31. The van der Waals surface area contributed by atoms with Gasteiger partial charge in [0.1, 0.15) is 17.3 Å². The fraction of sp³-hybridized carbons (Fsp3) is 0.385. The van der Waals surface area contributed by atoms with Crippen molar-refractivity contribution in [3.8, 4) is 11.5 Å². The highest BCUT2D eigenvalue weighted by atomic mass is 16.5. The zero-order valence-corrected chi connectivity index (χ0v) is 19.5.